The summed E-state index contributed by atoms with van der Waals surface area (Å²) in [7, 11) is 0. The van der Waals surface area contributed by atoms with Gasteiger partial charge in [0.05, 0.1) is 18.9 Å². The van der Waals surface area contributed by atoms with E-state index in [1.54, 1.807) is 4.90 Å². The van der Waals surface area contributed by atoms with Gasteiger partial charge in [-0.3, -0.25) is 0 Å². The van der Waals surface area contributed by atoms with E-state index in [4.69, 9.17) is 4.74 Å². The van der Waals surface area contributed by atoms with Gasteiger partial charge in [-0.15, -0.1) is 0 Å². The van der Waals surface area contributed by atoms with Crippen LogP contribution >= 0.6 is 0 Å². The number of morpholine rings is 1. The van der Waals surface area contributed by atoms with E-state index in [0.29, 0.717) is 26.3 Å². The molecule has 0 N–H and O–H groups in total. The van der Waals surface area contributed by atoms with E-state index in [2.05, 4.69) is 0 Å². The maximum Gasteiger partial charge on any atom is 0.182 e. The van der Waals surface area contributed by atoms with Crippen molar-refractivity contribution in [1.29, 1.82) is 0 Å². The zero-order chi connectivity index (χ0) is 12.6. The van der Waals surface area contributed by atoms with Crippen molar-refractivity contribution in [2.45, 2.75) is 13.8 Å². The van der Waals surface area contributed by atoms with E-state index in [-0.39, 0.29) is 16.8 Å². The number of benzene rings is 1. The summed E-state index contributed by atoms with van der Waals surface area (Å²) in [5.74, 6) is -2.75. The minimum absolute atomic E-state index is 0.0221. The number of hydrogen-bond acceptors (Lipinski definition) is 2. The van der Waals surface area contributed by atoms with Crippen LogP contribution in [0.5, 0.6) is 0 Å². The molecule has 0 saturated carbocycles. The highest BCUT2D eigenvalue weighted by Gasteiger charge is 2.25. The predicted molar refractivity (Wildman–Crippen MR) is 58.8 cm³/mol. The molecule has 1 saturated heterocycles. The lowest BCUT2D eigenvalue weighted by atomic mass is 10.1. The Labute approximate surface area is 98.0 Å². The van der Waals surface area contributed by atoms with Gasteiger partial charge in [-0.1, -0.05) is 0 Å². The lowest BCUT2D eigenvalue weighted by Crippen LogP contribution is -2.37. The van der Waals surface area contributed by atoms with Gasteiger partial charge in [-0.05, 0) is 13.8 Å². The fourth-order valence-electron chi connectivity index (χ4n) is 2.08. The molecule has 1 aliphatic heterocycles. The van der Waals surface area contributed by atoms with Crippen molar-refractivity contribution in [2.24, 2.45) is 0 Å². The van der Waals surface area contributed by atoms with Crippen LogP contribution in [-0.2, 0) is 4.74 Å². The molecule has 94 valence electrons. The topological polar surface area (TPSA) is 12.5 Å². The Bertz CT molecular complexity index is 413. The van der Waals surface area contributed by atoms with Gasteiger partial charge < -0.3 is 9.64 Å². The molecule has 0 atom stereocenters. The molecule has 0 aromatic heterocycles. The molecular formula is C12H14F3NO. The second-order valence-electron chi connectivity index (χ2n) is 4.14. The largest absolute Gasteiger partial charge is 0.378 e. The number of anilines is 1. The monoisotopic (exact) mass is 245 g/mol. The normalized spacial score (nSPS) is 16.4. The van der Waals surface area contributed by atoms with Crippen molar-refractivity contribution >= 4 is 5.69 Å². The van der Waals surface area contributed by atoms with Gasteiger partial charge in [0.25, 0.3) is 0 Å². The van der Waals surface area contributed by atoms with Crippen molar-refractivity contribution in [3.05, 3.63) is 28.6 Å². The molecule has 2 nitrogen and oxygen atoms in total. The molecule has 1 aromatic carbocycles. The first-order valence-electron chi connectivity index (χ1n) is 5.50. The van der Waals surface area contributed by atoms with Gasteiger partial charge in [0, 0.05) is 24.2 Å². The Morgan fingerprint density at radius 2 is 1.47 bits per heavy atom. The standard InChI is InChI=1S/C12H14F3NO/c1-7-9(13)8(2)12(11(15)10(7)14)16-3-5-17-6-4-16/h3-6H2,1-2H3. The van der Waals surface area contributed by atoms with Crippen LogP contribution < -0.4 is 4.90 Å². The number of nitrogens with zero attached hydrogens (tertiary/aromatic N) is 1. The molecule has 2 rings (SSSR count). The second kappa shape index (κ2) is 4.56. The van der Waals surface area contributed by atoms with Crippen LogP contribution in [0.25, 0.3) is 0 Å². The SMILES string of the molecule is Cc1c(F)c(C)c(N2CCOCC2)c(F)c1F. The predicted octanol–water partition coefficient (Wildman–Crippen LogP) is 2.56. The van der Waals surface area contributed by atoms with Gasteiger partial charge in [-0.2, -0.15) is 0 Å². The maximum atomic E-state index is 13.9. The highest BCUT2D eigenvalue weighted by Crippen LogP contribution is 2.31. The average Bonchev–Trinajstić information content (AvgIpc) is 2.36. The smallest absolute Gasteiger partial charge is 0.182 e. The molecule has 0 bridgehead atoms. The molecule has 17 heavy (non-hydrogen) atoms. The molecule has 1 aromatic rings. The van der Waals surface area contributed by atoms with Crippen LogP contribution in [0.15, 0.2) is 0 Å². The van der Waals surface area contributed by atoms with Gasteiger partial charge in [0.2, 0.25) is 0 Å². The second-order valence-corrected chi connectivity index (χ2v) is 4.14. The molecule has 0 amide bonds. The molecule has 0 unspecified atom stereocenters. The summed E-state index contributed by atoms with van der Waals surface area (Å²) in [6.07, 6.45) is 0. The fraction of sp³-hybridized carbons (Fsp3) is 0.500. The molecule has 1 aliphatic rings. The Morgan fingerprint density at radius 3 is 2.06 bits per heavy atom. The van der Waals surface area contributed by atoms with Gasteiger partial charge >= 0.3 is 0 Å². The lowest BCUT2D eigenvalue weighted by Gasteiger charge is -2.30. The van der Waals surface area contributed by atoms with E-state index in [1.165, 1.54) is 13.8 Å². The molecule has 1 heterocycles. The Kier molecular flexibility index (Phi) is 3.28. The number of halogens is 3. The van der Waals surface area contributed by atoms with E-state index < -0.39 is 17.5 Å². The van der Waals surface area contributed by atoms with Gasteiger partial charge in [-0.25, -0.2) is 13.2 Å². The van der Waals surface area contributed by atoms with Crippen LogP contribution in [0, 0.1) is 31.3 Å². The van der Waals surface area contributed by atoms with Crippen molar-refractivity contribution in [1.82, 2.24) is 0 Å². The Balaban J connectivity index is 2.52. The minimum atomic E-state index is -1.10. The molecule has 0 spiro atoms. The van der Waals surface area contributed by atoms with Crippen LogP contribution in [0.3, 0.4) is 0 Å². The highest BCUT2D eigenvalue weighted by molar-refractivity contribution is 5.57. The van der Waals surface area contributed by atoms with Crippen LogP contribution in [0.4, 0.5) is 18.9 Å². The summed E-state index contributed by atoms with van der Waals surface area (Å²) < 4.78 is 46.2. The minimum Gasteiger partial charge on any atom is -0.378 e. The van der Waals surface area contributed by atoms with Crippen LogP contribution in [0.2, 0.25) is 0 Å². The first kappa shape index (κ1) is 12.2. The summed E-state index contributed by atoms with van der Waals surface area (Å²) >= 11 is 0. The molecule has 1 fully saturated rings. The van der Waals surface area contributed by atoms with Gasteiger partial charge in [0.15, 0.2) is 11.6 Å². The highest BCUT2D eigenvalue weighted by atomic mass is 19.2. The maximum absolute atomic E-state index is 13.9. The van der Waals surface area contributed by atoms with Crippen LogP contribution in [0.1, 0.15) is 11.1 Å². The average molecular weight is 245 g/mol. The lowest BCUT2D eigenvalue weighted by molar-refractivity contribution is 0.122. The number of rotatable bonds is 1. The van der Waals surface area contributed by atoms with Crippen molar-refractivity contribution in [2.75, 3.05) is 31.2 Å². The molecule has 5 heteroatoms. The summed E-state index contributed by atoms with van der Waals surface area (Å²) in [6, 6.07) is 0. The van der Waals surface area contributed by atoms with Crippen LogP contribution in [-0.4, -0.2) is 26.3 Å². The molecule has 0 radical (unpaired) electrons. The van der Waals surface area contributed by atoms with Gasteiger partial charge in [0.1, 0.15) is 5.82 Å². The van der Waals surface area contributed by atoms with Crippen molar-refractivity contribution in [3.8, 4) is 0 Å². The van der Waals surface area contributed by atoms with E-state index in [9.17, 15) is 13.2 Å². The Hall–Kier alpha value is -1.23. The Morgan fingerprint density at radius 1 is 0.882 bits per heavy atom. The number of hydrogen-bond donors (Lipinski definition) is 0. The first-order valence-corrected chi connectivity index (χ1v) is 5.50. The summed E-state index contributed by atoms with van der Waals surface area (Å²) in [6.45, 7) is 4.48. The zero-order valence-electron chi connectivity index (χ0n) is 9.82. The summed E-state index contributed by atoms with van der Waals surface area (Å²) in [5.41, 5.74) is -0.0887. The van der Waals surface area contributed by atoms with Crippen molar-refractivity contribution < 1.29 is 17.9 Å². The first-order chi connectivity index (χ1) is 8.04. The molecule has 0 aliphatic carbocycles. The third-order valence-corrected chi connectivity index (χ3v) is 3.07. The fourth-order valence-corrected chi connectivity index (χ4v) is 2.08. The summed E-state index contributed by atoms with van der Waals surface area (Å²) in [4.78, 5) is 1.62. The van der Waals surface area contributed by atoms with E-state index in [0.717, 1.165) is 0 Å². The summed E-state index contributed by atoms with van der Waals surface area (Å²) in [5, 5.41) is 0. The van der Waals surface area contributed by atoms with E-state index >= 15 is 0 Å². The number of ether oxygens (including phenoxy) is 1. The van der Waals surface area contributed by atoms with E-state index in [1.807, 2.05) is 0 Å². The molecular weight excluding hydrogens is 231 g/mol. The third-order valence-electron chi connectivity index (χ3n) is 3.07. The third kappa shape index (κ3) is 1.99. The quantitative estimate of drug-likeness (QED) is 0.705. The van der Waals surface area contributed by atoms with Crippen molar-refractivity contribution in [3.63, 3.8) is 0 Å². The zero-order valence-corrected chi connectivity index (χ0v) is 9.82.